The van der Waals surface area contributed by atoms with Gasteiger partial charge in [-0.2, -0.15) is 0 Å². The molecule has 0 aliphatic heterocycles. The normalized spacial score (nSPS) is 23.5. The number of rotatable bonds is 0. The van der Waals surface area contributed by atoms with Crippen molar-refractivity contribution in [3.05, 3.63) is 23.8 Å². The molecule has 0 nitrogen and oxygen atoms in total. The highest BCUT2D eigenvalue weighted by molar-refractivity contribution is 5.17. The van der Waals surface area contributed by atoms with Gasteiger partial charge in [-0.3, -0.25) is 0 Å². The summed E-state index contributed by atoms with van der Waals surface area (Å²) in [7, 11) is 0. The van der Waals surface area contributed by atoms with Crippen LogP contribution in [-0.4, -0.2) is 0 Å². The van der Waals surface area contributed by atoms with Crippen LogP contribution >= 0.6 is 0 Å². The highest BCUT2D eigenvalue weighted by atomic mass is 14.2. The minimum absolute atomic E-state index is 0.718. The maximum absolute atomic E-state index is 3.99. The van der Waals surface area contributed by atoms with Gasteiger partial charge in [-0.1, -0.05) is 44.6 Å². The molecule has 0 fully saturated rings. The van der Waals surface area contributed by atoms with E-state index in [-0.39, 0.29) is 0 Å². The summed E-state index contributed by atoms with van der Waals surface area (Å²) >= 11 is 0. The molecule has 0 aromatic rings. The first-order valence-corrected chi connectivity index (χ1v) is 4.53. The lowest BCUT2D eigenvalue weighted by molar-refractivity contribution is 0.636. The van der Waals surface area contributed by atoms with Gasteiger partial charge in [0.25, 0.3) is 0 Å². The van der Waals surface area contributed by atoms with Gasteiger partial charge in [-0.15, -0.1) is 0 Å². The van der Waals surface area contributed by atoms with Crippen molar-refractivity contribution in [1.29, 1.82) is 0 Å². The summed E-state index contributed by atoms with van der Waals surface area (Å²) in [5.74, 6) is 0.718. The van der Waals surface area contributed by atoms with Crippen molar-refractivity contribution >= 4 is 0 Å². The molecule has 11 heavy (non-hydrogen) atoms. The van der Waals surface area contributed by atoms with Crippen LogP contribution in [0.5, 0.6) is 0 Å². The van der Waals surface area contributed by atoms with Gasteiger partial charge in [0.15, 0.2) is 0 Å². The highest BCUT2D eigenvalue weighted by Crippen LogP contribution is 2.26. The van der Waals surface area contributed by atoms with Crippen LogP contribution < -0.4 is 0 Å². The van der Waals surface area contributed by atoms with Gasteiger partial charge in [-0.05, 0) is 25.7 Å². The van der Waals surface area contributed by atoms with Gasteiger partial charge < -0.3 is 0 Å². The van der Waals surface area contributed by atoms with Crippen LogP contribution in [0, 0.1) is 5.92 Å². The van der Waals surface area contributed by atoms with E-state index in [1.165, 1.54) is 17.6 Å². The molecule has 0 amide bonds. The second-order valence-electron chi connectivity index (χ2n) is 3.02. The molecule has 0 saturated carbocycles. The molecule has 1 aliphatic rings. The molecule has 1 aliphatic carbocycles. The molecule has 1 unspecified atom stereocenters. The Balaban J connectivity index is 0.000000461. The Labute approximate surface area is 71.0 Å². The smallest absolute Gasteiger partial charge is 0.0136 e. The van der Waals surface area contributed by atoms with E-state index in [1.54, 1.807) is 0 Å². The Bertz CT molecular complexity index is 151. The summed E-state index contributed by atoms with van der Waals surface area (Å²) in [6, 6.07) is 0. The summed E-state index contributed by atoms with van der Waals surface area (Å²) in [6.45, 7) is 12.4. The Morgan fingerprint density at radius 2 is 2.00 bits per heavy atom. The number of allylic oxidation sites excluding steroid dienone is 3. The fraction of sp³-hybridized carbons (Fsp3) is 0.636. The molecule has 0 radical (unpaired) electrons. The van der Waals surface area contributed by atoms with Crippen LogP contribution in [0.2, 0.25) is 0 Å². The van der Waals surface area contributed by atoms with Gasteiger partial charge in [0.2, 0.25) is 0 Å². The standard InChI is InChI=1S/C9H14.C2H6/c1-7-4-5-8(2)9(3)6-7;1-2/h4,9H,2,5-6H2,1,3H3;1-2H3. The van der Waals surface area contributed by atoms with Crippen LogP contribution in [0.15, 0.2) is 23.8 Å². The second-order valence-corrected chi connectivity index (χ2v) is 3.02. The second kappa shape index (κ2) is 5.17. The monoisotopic (exact) mass is 152 g/mol. The molecule has 0 heterocycles. The van der Waals surface area contributed by atoms with Crippen LogP contribution in [0.1, 0.15) is 40.5 Å². The fourth-order valence-electron chi connectivity index (χ4n) is 1.22. The Morgan fingerprint density at radius 1 is 1.45 bits per heavy atom. The summed E-state index contributed by atoms with van der Waals surface area (Å²) in [6.07, 6.45) is 4.61. The van der Waals surface area contributed by atoms with Gasteiger partial charge in [0.1, 0.15) is 0 Å². The third-order valence-electron chi connectivity index (χ3n) is 2.04. The van der Waals surface area contributed by atoms with Crippen LogP contribution in [0.25, 0.3) is 0 Å². The molecule has 0 N–H and O–H groups in total. The summed E-state index contributed by atoms with van der Waals surface area (Å²) in [5.41, 5.74) is 2.91. The van der Waals surface area contributed by atoms with Gasteiger partial charge in [0.05, 0.1) is 0 Å². The van der Waals surface area contributed by atoms with Crippen LogP contribution in [0.4, 0.5) is 0 Å². The lowest BCUT2D eigenvalue weighted by atomic mass is 9.87. The van der Waals surface area contributed by atoms with Crippen molar-refractivity contribution in [2.75, 3.05) is 0 Å². The SMILES string of the molecule is C=C1CC=C(C)CC1C.CC. The minimum atomic E-state index is 0.718. The van der Waals surface area contributed by atoms with E-state index < -0.39 is 0 Å². The third kappa shape index (κ3) is 3.41. The summed E-state index contributed by atoms with van der Waals surface area (Å²) in [5, 5.41) is 0. The molecular weight excluding hydrogens is 132 g/mol. The van der Waals surface area contributed by atoms with E-state index in [2.05, 4.69) is 26.5 Å². The van der Waals surface area contributed by atoms with Crippen molar-refractivity contribution in [1.82, 2.24) is 0 Å². The number of hydrogen-bond donors (Lipinski definition) is 0. The molecular formula is C11H20. The van der Waals surface area contributed by atoms with Crippen LogP contribution in [-0.2, 0) is 0 Å². The molecule has 1 rings (SSSR count). The van der Waals surface area contributed by atoms with Crippen molar-refractivity contribution in [3.63, 3.8) is 0 Å². The zero-order chi connectivity index (χ0) is 8.85. The van der Waals surface area contributed by atoms with Crippen molar-refractivity contribution in [2.24, 2.45) is 5.92 Å². The lowest BCUT2D eigenvalue weighted by Crippen LogP contribution is -2.03. The Morgan fingerprint density at radius 3 is 2.36 bits per heavy atom. The molecule has 0 spiro atoms. The van der Waals surface area contributed by atoms with E-state index in [0.29, 0.717) is 0 Å². The minimum Gasteiger partial charge on any atom is -0.0993 e. The molecule has 0 bridgehead atoms. The quantitative estimate of drug-likeness (QED) is 0.461. The predicted molar refractivity (Wildman–Crippen MR) is 52.6 cm³/mol. The third-order valence-corrected chi connectivity index (χ3v) is 2.04. The molecule has 1 atom stereocenters. The molecule has 0 aromatic heterocycles. The van der Waals surface area contributed by atoms with E-state index in [4.69, 9.17) is 0 Å². The maximum Gasteiger partial charge on any atom is -0.0136 e. The van der Waals surface area contributed by atoms with Crippen LogP contribution in [0.3, 0.4) is 0 Å². The van der Waals surface area contributed by atoms with E-state index in [9.17, 15) is 0 Å². The number of hydrogen-bond acceptors (Lipinski definition) is 0. The molecule has 0 saturated heterocycles. The highest BCUT2D eigenvalue weighted by Gasteiger charge is 2.10. The van der Waals surface area contributed by atoms with E-state index in [1.807, 2.05) is 13.8 Å². The molecule has 64 valence electrons. The van der Waals surface area contributed by atoms with Crippen molar-refractivity contribution in [3.8, 4) is 0 Å². The Kier molecular flexibility index (Phi) is 4.93. The largest absolute Gasteiger partial charge is 0.0993 e. The fourth-order valence-corrected chi connectivity index (χ4v) is 1.22. The lowest BCUT2D eigenvalue weighted by Gasteiger charge is -2.18. The van der Waals surface area contributed by atoms with Gasteiger partial charge in [0, 0.05) is 0 Å². The Hall–Kier alpha value is -0.520. The van der Waals surface area contributed by atoms with Crippen molar-refractivity contribution < 1.29 is 0 Å². The van der Waals surface area contributed by atoms with E-state index >= 15 is 0 Å². The zero-order valence-corrected chi connectivity index (χ0v) is 8.28. The van der Waals surface area contributed by atoms with Gasteiger partial charge in [-0.25, -0.2) is 0 Å². The zero-order valence-electron chi connectivity index (χ0n) is 8.28. The predicted octanol–water partition coefficient (Wildman–Crippen LogP) is 3.95. The molecule has 0 heteroatoms. The summed E-state index contributed by atoms with van der Waals surface area (Å²) < 4.78 is 0. The van der Waals surface area contributed by atoms with Gasteiger partial charge >= 0.3 is 0 Å². The van der Waals surface area contributed by atoms with E-state index in [0.717, 1.165) is 12.3 Å². The molecule has 0 aromatic carbocycles. The first-order valence-electron chi connectivity index (χ1n) is 4.53. The summed E-state index contributed by atoms with van der Waals surface area (Å²) in [4.78, 5) is 0. The maximum atomic E-state index is 3.99. The average molecular weight is 152 g/mol. The topological polar surface area (TPSA) is 0 Å². The first kappa shape index (κ1) is 10.5. The van der Waals surface area contributed by atoms with Crippen molar-refractivity contribution in [2.45, 2.75) is 40.5 Å². The average Bonchev–Trinajstić information content (AvgIpc) is 2.02. The first-order chi connectivity index (χ1) is 5.20.